The second kappa shape index (κ2) is 4.66. The number of benzene rings is 1. The van der Waals surface area contributed by atoms with Gasteiger partial charge < -0.3 is 10.0 Å². The normalized spacial score (nSPS) is 19.8. The third-order valence-electron chi connectivity index (χ3n) is 2.69. The maximum absolute atomic E-state index is 11.7. The molecule has 0 spiro atoms. The molecule has 1 saturated heterocycles. The minimum absolute atomic E-state index is 0.0512. The summed E-state index contributed by atoms with van der Waals surface area (Å²) >= 11 is 9.13. The van der Waals surface area contributed by atoms with Crippen molar-refractivity contribution in [3.63, 3.8) is 0 Å². The van der Waals surface area contributed by atoms with E-state index in [1.807, 2.05) is 0 Å². The molecule has 1 unspecified atom stereocenters. The van der Waals surface area contributed by atoms with E-state index in [4.69, 9.17) is 16.7 Å². The Kier molecular flexibility index (Phi) is 3.40. The Labute approximate surface area is 111 Å². The third kappa shape index (κ3) is 2.45. The molecule has 1 amide bonds. The summed E-state index contributed by atoms with van der Waals surface area (Å²) in [5.41, 5.74) is 0.662. The number of amides is 1. The zero-order chi connectivity index (χ0) is 12.6. The highest BCUT2D eigenvalue weighted by Gasteiger charge is 2.35. The highest BCUT2D eigenvalue weighted by molar-refractivity contribution is 9.10. The number of hydrogen-bond acceptors (Lipinski definition) is 2. The Hall–Kier alpha value is -1.07. The summed E-state index contributed by atoms with van der Waals surface area (Å²) in [4.78, 5) is 24.0. The van der Waals surface area contributed by atoms with Gasteiger partial charge in [-0.2, -0.15) is 0 Å². The van der Waals surface area contributed by atoms with E-state index in [0.29, 0.717) is 15.2 Å². The van der Waals surface area contributed by atoms with Crippen molar-refractivity contribution < 1.29 is 14.7 Å². The van der Waals surface area contributed by atoms with Crippen molar-refractivity contribution in [2.45, 2.75) is 6.42 Å². The Morgan fingerprint density at radius 1 is 1.53 bits per heavy atom. The highest BCUT2D eigenvalue weighted by atomic mass is 79.9. The van der Waals surface area contributed by atoms with Crippen LogP contribution in [-0.2, 0) is 9.59 Å². The van der Waals surface area contributed by atoms with Crippen molar-refractivity contribution in [2.75, 3.05) is 11.4 Å². The number of aliphatic carboxylic acids is 1. The maximum atomic E-state index is 11.7. The largest absolute Gasteiger partial charge is 0.481 e. The van der Waals surface area contributed by atoms with Crippen molar-refractivity contribution in [3.05, 3.63) is 27.7 Å². The van der Waals surface area contributed by atoms with Crippen molar-refractivity contribution in [2.24, 2.45) is 5.92 Å². The topological polar surface area (TPSA) is 57.6 Å². The van der Waals surface area contributed by atoms with Gasteiger partial charge in [-0.3, -0.25) is 9.59 Å². The lowest BCUT2D eigenvalue weighted by Crippen LogP contribution is -2.25. The van der Waals surface area contributed by atoms with Gasteiger partial charge >= 0.3 is 5.97 Å². The van der Waals surface area contributed by atoms with E-state index in [2.05, 4.69) is 15.9 Å². The summed E-state index contributed by atoms with van der Waals surface area (Å²) in [6.45, 7) is 0.211. The molecule has 1 atom stereocenters. The summed E-state index contributed by atoms with van der Waals surface area (Å²) in [5.74, 6) is -1.74. The highest BCUT2D eigenvalue weighted by Crippen LogP contribution is 2.31. The number of rotatable bonds is 2. The van der Waals surface area contributed by atoms with Gasteiger partial charge in [0.05, 0.1) is 10.9 Å². The Morgan fingerprint density at radius 3 is 2.76 bits per heavy atom. The summed E-state index contributed by atoms with van der Waals surface area (Å²) in [6, 6.07) is 5.09. The van der Waals surface area contributed by atoms with Gasteiger partial charge in [0.15, 0.2) is 0 Å². The van der Waals surface area contributed by atoms with Crippen LogP contribution in [0.1, 0.15) is 6.42 Å². The Bertz CT molecular complexity index is 492. The van der Waals surface area contributed by atoms with Crippen LogP contribution in [0, 0.1) is 5.92 Å². The zero-order valence-electron chi connectivity index (χ0n) is 8.69. The number of hydrogen-bond donors (Lipinski definition) is 1. The Morgan fingerprint density at radius 2 is 2.24 bits per heavy atom. The van der Waals surface area contributed by atoms with Crippen LogP contribution in [-0.4, -0.2) is 23.5 Å². The molecule has 6 heteroatoms. The lowest BCUT2D eigenvalue weighted by Gasteiger charge is -2.16. The average Bonchev–Trinajstić information content (AvgIpc) is 2.65. The first-order valence-electron chi connectivity index (χ1n) is 4.97. The standard InChI is InChI=1S/C11H9BrClNO3/c12-8-4-7(1-2-9(8)13)14-5-6(11(16)17)3-10(14)15/h1-2,4,6H,3,5H2,(H,16,17). The summed E-state index contributed by atoms with van der Waals surface area (Å²) < 4.78 is 0.684. The van der Waals surface area contributed by atoms with Gasteiger partial charge in [-0.15, -0.1) is 0 Å². The molecule has 1 aliphatic heterocycles. The summed E-state index contributed by atoms with van der Waals surface area (Å²) in [6.07, 6.45) is 0.0512. The SMILES string of the molecule is O=C(O)C1CC(=O)N(c2ccc(Cl)c(Br)c2)C1. The van der Waals surface area contributed by atoms with Gasteiger partial charge in [0.2, 0.25) is 5.91 Å². The molecular weight excluding hydrogens is 309 g/mol. The van der Waals surface area contributed by atoms with Gasteiger partial charge in [-0.05, 0) is 34.1 Å². The molecule has 4 nitrogen and oxygen atoms in total. The van der Waals surface area contributed by atoms with E-state index in [0.717, 1.165) is 0 Å². The second-order valence-corrected chi connectivity index (χ2v) is 5.10. The first kappa shape index (κ1) is 12.4. The van der Waals surface area contributed by atoms with E-state index in [9.17, 15) is 9.59 Å². The van der Waals surface area contributed by atoms with E-state index in [1.165, 1.54) is 4.90 Å². The van der Waals surface area contributed by atoms with Crippen molar-refractivity contribution in [1.82, 2.24) is 0 Å². The molecule has 0 radical (unpaired) electrons. The minimum atomic E-state index is -0.936. The lowest BCUT2D eigenvalue weighted by molar-refractivity contribution is -0.141. The van der Waals surface area contributed by atoms with Gasteiger partial charge in [0.25, 0.3) is 0 Å². The van der Waals surface area contributed by atoms with Crippen LogP contribution in [0.2, 0.25) is 5.02 Å². The molecule has 1 aliphatic rings. The number of halogens is 2. The predicted octanol–water partition coefficient (Wildman–Crippen LogP) is 2.54. The monoisotopic (exact) mass is 317 g/mol. The van der Waals surface area contributed by atoms with E-state index in [1.54, 1.807) is 18.2 Å². The molecule has 1 fully saturated rings. The maximum Gasteiger partial charge on any atom is 0.308 e. The number of carboxylic acid groups (broad SMARTS) is 1. The first-order chi connectivity index (χ1) is 7.99. The van der Waals surface area contributed by atoms with E-state index < -0.39 is 11.9 Å². The third-order valence-corrected chi connectivity index (χ3v) is 3.90. The first-order valence-corrected chi connectivity index (χ1v) is 6.14. The van der Waals surface area contributed by atoms with Crippen LogP contribution in [0.25, 0.3) is 0 Å². The molecule has 0 aromatic heterocycles. The molecule has 0 bridgehead atoms. The smallest absolute Gasteiger partial charge is 0.308 e. The Balaban J connectivity index is 2.26. The number of nitrogens with zero attached hydrogens (tertiary/aromatic N) is 1. The van der Waals surface area contributed by atoms with Gasteiger partial charge in [0, 0.05) is 23.1 Å². The number of carboxylic acids is 1. The van der Waals surface area contributed by atoms with Crippen LogP contribution >= 0.6 is 27.5 Å². The summed E-state index contributed by atoms with van der Waals surface area (Å²) in [5, 5.41) is 9.44. The fraction of sp³-hybridized carbons (Fsp3) is 0.273. The molecule has 17 heavy (non-hydrogen) atoms. The predicted molar refractivity (Wildman–Crippen MR) is 67.2 cm³/mol. The zero-order valence-corrected chi connectivity index (χ0v) is 11.0. The molecule has 90 valence electrons. The molecule has 1 aromatic carbocycles. The van der Waals surface area contributed by atoms with Crippen LogP contribution in [0.15, 0.2) is 22.7 Å². The molecular formula is C11H9BrClNO3. The molecule has 1 N–H and O–H groups in total. The molecule has 0 saturated carbocycles. The van der Waals surface area contributed by atoms with Crippen LogP contribution in [0.4, 0.5) is 5.69 Å². The van der Waals surface area contributed by atoms with Gasteiger partial charge in [0.1, 0.15) is 0 Å². The molecule has 1 heterocycles. The molecule has 0 aliphatic carbocycles. The fourth-order valence-electron chi connectivity index (χ4n) is 1.78. The fourth-order valence-corrected chi connectivity index (χ4v) is 2.26. The van der Waals surface area contributed by atoms with Crippen molar-refractivity contribution in [3.8, 4) is 0 Å². The van der Waals surface area contributed by atoms with E-state index in [-0.39, 0.29) is 18.9 Å². The number of carbonyl (C=O) groups excluding carboxylic acids is 1. The van der Waals surface area contributed by atoms with Crippen molar-refractivity contribution >= 4 is 45.1 Å². The van der Waals surface area contributed by atoms with Crippen molar-refractivity contribution in [1.29, 1.82) is 0 Å². The molecule has 2 rings (SSSR count). The van der Waals surface area contributed by atoms with E-state index >= 15 is 0 Å². The second-order valence-electron chi connectivity index (χ2n) is 3.84. The number of carbonyl (C=O) groups is 2. The molecule has 1 aromatic rings. The summed E-state index contributed by atoms with van der Waals surface area (Å²) in [7, 11) is 0. The minimum Gasteiger partial charge on any atom is -0.481 e. The number of anilines is 1. The van der Waals surface area contributed by atoms with Crippen LogP contribution in [0.3, 0.4) is 0 Å². The average molecular weight is 319 g/mol. The van der Waals surface area contributed by atoms with Crippen LogP contribution in [0.5, 0.6) is 0 Å². The van der Waals surface area contributed by atoms with Crippen LogP contribution < -0.4 is 4.90 Å². The van der Waals surface area contributed by atoms with Gasteiger partial charge in [-0.1, -0.05) is 11.6 Å². The van der Waals surface area contributed by atoms with Gasteiger partial charge in [-0.25, -0.2) is 0 Å². The quantitative estimate of drug-likeness (QED) is 0.911. The lowest BCUT2D eigenvalue weighted by atomic mass is 10.1.